The van der Waals surface area contributed by atoms with Gasteiger partial charge in [0.1, 0.15) is 17.1 Å². The minimum atomic E-state index is -0.442. The molecule has 30 heavy (non-hydrogen) atoms. The molecule has 2 amide bonds. The number of amides is 2. The van der Waals surface area contributed by atoms with Crippen LogP contribution < -0.4 is 15.0 Å². The van der Waals surface area contributed by atoms with Gasteiger partial charge in [-0.3, -0.25) is 20.1 Å². The number of methoxy groups -OCH3 is 1. The number of urea groups is 1. The first-order chi connectivity index (χ1) is 14.7. The van der Waals surface area contributed by atoms with Crippen LogP contribution in [0.3, 0.4) is 0 Å². The average Bonchev–Trinajstić information content (AvgIpc) is 3.54. The summed E-state index contributed by atoms with van der Waals surface area (Å²) in [5, 5.41) is 7.48. The third-order valence-corrected chi connectivity index (χ3v) is 7.29. The molecule has 5 rings (SSSR count). The second-order valence-corrected chi connectivity index (χ2v) is 9.29. The highest BCUT2D eigenvalue weighted by molar-refractivity contribution is 7.07. The van der Waals surface area contributed by atoms with E-state index in [2.05, 4.69) is 27.0 Å². The van der Waals surface area contributed by atoms with Crippen molar-refractivity contribution in [1.82, 2.24) is 10.2 Å². The number of likely N-dealkylation sites (tertiary alicyclic amines) is 1. The lowest BCUT2D eigenvalue weighted by molar-refractivity contribution is 0.250. The van der Waals surface area contributed by atoms with E-state index in [9.17, 15) is 4.79 Å². The van der Waals surface area contributed by atoms with Crippen LogP contribution in [0.5, 0.6) is 5.75 Å². The summed E-state index contributed by atoms with van der Waals surface area (Å²) in [6.45, 7) is 2.63. The summed E-state index contributed by atoms with van der Waals surface area (Å²) in [5.41, 5.74) is 1.75. The van der Waals surface area contributed by atoms with Gasteiger partial charge in [-0.05, 0) is 53.8 Å². The standard InChI is InChI=1S/C23H28N4O2S/c1-29-20-8-4-7-19(13-20)27-22(28)25-21(24-18-5-2-3-6-18)23(27)10-11-26(16-23)14-17-9-12-30-15-17/h4,7-9,12-13,15,18H,2-3,5-6,10-11,14,16H2,1H3,(H,24,25,28). The number of nitrogens with zero attached hydrogens (tertiary/aromatic N) is 3. The zero-order valence-corrected chi connectivity index (χ0v) is 18.2. The summed E-state index contributed by atoms with van der Waals surface area (Å²) < 4.78 is 5.43. The molecule has 2 aromatic rings. The Morgan fingerprint density at radius 3 is 2.93 bits per heavy atom. The topological polar surface area (TPSA) is 57.2 Å². The molecule has 1 aromatic carbocycles. The predicted molar refractivity (Wildman–Crippen MR) is 121 cm³/mol. The van der Waals surface area contributed by atoms with Gasteiger partial charge in [0.25, 0.3) is 0 Å². The zero-order chi connectivity index (χ0) is 20.6. The molecule has 1 aliphatic carbocycles. The normalized spacial score (nSPS) is 26.2. The number of hydrogen-bond acceptors (Lipinski definition) is 5. The van der Waals surface area contributed by atoms with Crippen molar-refractivity contribution >= 4 is 28.9 Å². The number of carbonyl (C=O) groups excluding carboxylic acids is 1. The lowest BCUT2D eigenvalue weighted by Crippen LogP contribution is -2.52. The number of anilines is 1. The highest BCUT2D eigenvalue weighted by Gasteiger charge is 2.55. The third-order valence-electron chi connectivity index (χ3n) is 6.56. The number of hydrogen-bond donors (Lipinski definition) is 1. The van der Waals surface area contributed by atoms with Crippen LogP contribution in [0.25, 0.3) is 0 Å². The van der Waals surface area contributed by atoms with Gasteiger partial charge in [-0.25, -0.2) is 4.79 Å². The second kappa shape index (κ2) is 8.04. The minimum Gasteiger partial charge on any atom is -0.497 e. The van der Waals surface area contributed by atoms with Gasteiger partial charge in [-0.1, -0.05) is 18.9 Å². The van der Waals surface area contributed by atoms with E-state index in [0.29, 0.717) is 6.04 Å². The monoisotopic (exact) mass is 424 g/mol. The first kappa shape index (κ1) is 19.6. The molecule has 1 N–H and O–H groups in total. The maximum Gasteiger partial charge on any atom is 0.328 e. The number of benzene rings is 1. The Kier molecular flexibility index (Phi) is 5.25. The lowest BCUT2D eigenvalue weighted by atomic mass is 9.95. The highest BCUT2D eigenvalue weighted by Crippen LogP contribution is 2.39. The Bertz CT molecular complexity index is 938. The van der Waals surface area contributed by atoms with Gasteiger partial charge in [0.15, 0.2) is 0 Å². The number of amidine groups is 1. The van der Waals surface area contributed by atoms with Crippen molar-refractivity contribution in [1.29, 1.82) is 0 Å². The van der Waals surface area contributed by atoms with Crippen LogP contribution in [-0.4, -0.2) is 48.5 Å². The van der Waals surface area contributed by atoms with Crippen LogP contribution >= 0.6 is 11.3 Å². The average molecular weight is 425 g/mol. The number of rotatable bonds is 5. The van der Waals surface area contributed by atoms with Crippen LogP contribution in [0.1, 0.15) is 37.7 Å². The molecule has 3 fully saturated rings. The highest BCUT2D eigenvalue weighted by atomic mass is 32.1. The number of carbonyl (C=O) groups is 1. The summed E-state index contributed by atoms with van der Waals surface area (Å²) in [6, 6.07) is 10.2. The van der Waals surface area contributed by atoms with Crippen LogP contribution in [0.2, 0.25) is 0 Å². The first-order valence-corrected chi connectivity index (χ1v) is 11.7. The van der Waals surface area contributed by atoms with Crippen molar-refractivity contribution in [2.24, 2.45) is 4.99 Å². The fraction of sp³-hybridized carbons (Fsp3) is 0.478. The Morgan fingerprint density at radius 2 is 2.17 bits per heavy atom. The summed E-state index contributed by atoms with van der Waals surface area (Å²) in [7, 11) is 1.66. The fourth-order valence-corrected chi connectivity index (χ4v) is 5.74. The van der Waals surface area contributed by atoms with Crippen molar-refractivity contribution in [3.63, 3.8) is 0 Å². The molecule has 7 heteroatoms. The summed E-state index contributed by atoms with van der Waals surface area (Å²) in [4.78, 5) is 22.7. The minimum absolute atomic E-state index is 0.0858. The number of ether oxygens (including phenoxy) is 1. The lowest BCUT2D eigenvalue weighted by Gasteiger charge is -2.34. The van der Waals surface area contributed by atoms with Crippen molar-refractivity contribution < 1.29 is 9.53 Å². The van der Waals surface area contributed by atoms with Crippen molar-refractivity contribution in [3.05, 3.63) is 46.7 Å². The molecular weight excluding hydrogens is 396 g/mol. The van der Waals surface area contributed by atoms with Gasteiger partial charge >= 0.3 is 6.03 Å². The van der Waals surface area contributed by atoms with Gasteiger partial charge < -0.3 is 4.74 Å². The van der Waals surface area contributed by atoms with E-state index in [-0.39, 0.29) is 6.03 Å². The van der Waals surface area contributed by atoms with Crippen molar-refractivity contribution in [3.8, 4) is 5.75 Å². The van der Waals surface area contributed by atoms with E-state index in [1.54, 1.807) is 18.4 Å². The molecule has 3 heterocycles. The number of aliphatic imine (C=N–C) groups is 1. The van der Waals surface area contributed by atoms with E-state index in [1.165, 1.54) is 18.4 Å². The molecule has 1 unspecified atom stereocenters. The van der Waals surface area contributed by atoms with Crippen molar-refractivity contribution in [2.45, 2.75) is 50.2 Å². The summed E-state index contributed by atoms with van der Waals surface area (Å²) >= 11 is 1.73. The SMILES string of the molecule is COc1cccc(N2C(=O)NC(=NC3CCCC3)C23CCN(Cc2ccsc2)C3)c1. The quantitative estimate of drug-likeness (QED) is 0.780. The molecule has 1 aromatic heterocycles. The molecule has 6 nitrogen and oxygen atoms in total. The Hall–Kier alpha value is -2.38. The third kappa shape index (κ3) is 3.50. The maximum absolute atomic E-state index is 13.2. The fourth-order valence-electron chi connectivity index (χ4n) is 5.08. The van der Waals surface area contributed by atoms with Crippen LogP contribution in [0.4, 0.5) is 10.5 Å². The Morgan fingerprint density at radius 1 is 1.30 bits per heavy atom. The van der Waals surface area contributed by atoms with E-state index < -0.39 is 5.54 Å². The molecular formula is C23H28N4O2S. The molecule has 1 spiro atoms. The van der Waals surface area contributed by atoms with E-state index in [4.69, 9.17) is 9.73 Å². The van der Waals surface area contributed by atoms with E-state index >= 15 is 0 Å². The summed E-state index contributed by atoms with van der Waals surface area (Å²) in [6.07, 6.45) is 5.57. The Balaban J connectivity index is 1.51. The number of nitrogens with one attached hydrogen (secondary N) is 1. The van der Waals surface area contributed by atoms with Gasteiger partial charge in [0, 0.05) is 25.7 Å². The first-order valence-electron chi connectivity index (χ1n) is 10.7. The molecule has 0 bridgehead atoms. The van der Waals surface area contributed by atoms with E-state index in [1.807, 2.05) is 29.2 Å². The smallest absolute Gasteiger partial charge is 0.328 e. The largest absolute Gasteiger partial charge is 0.497 e. The molecule has 2 saturated heterocycles. The van der Waals surface area contributed by atoms with Crippen LogP contribution in [-0.2, 0) is 6.54 Å². The van der Waals surface area contributed by atoms with Crippen molar-refractivity contribution in [2.75, 3.05) is 25.1 Å². The molecule has 1 atom stereocenters. The predicted octanol–water partition coefficient (Wildman–Crippen LogP) is 4.27. The van der Waals surface area contributed by atoms with E-state index in [0.717, 1.165) is 56.2 Å². The Labute approximate surface area is 181 Å². The molecule has 3 aliphatic rings. The zero-order valence-electron chi connectivity index (χ0n) is 17.3. The molecule has 1 saturated carbocycles. The van der Waals surface area contributed by atoms with Crippen LogP contribution in [0, 0.1) is 0 Å². The molecule has 2 aliphatic heterocycles. The van der Waals surface area contributed by atoms with Gasteiger partial charge in [-0.15, -0.1) is 0 Å². The van der Waals surface area contributed by atoms with Gasteiger partial charge in [0.05, 0.1) is 18.8 Å². The molecule has 158 valence electrons. The molecule has 0 radical (unpaired) electrons. The number of thiophene rings is 1. The maximum atomic E-state index is 13.2. The van der Waals surface area contributed by atoms with Gasteiger partial charge in [-0.2, -0.15) is 11.3 Å². The summed E-state index contributed by atoms with van der Waals surface area (Å²) in [5.74, 6) is 1.61. The van der Waals surface area contributed by atoms with Crippen LogP contribution in [0.15, 0.2) is 46.1 Å². The van der Waals surface area contributed by atoms with Gasteiger partial charge in [0.2, 0.25) is 0 Å². The second-order valence-electron chi connectivity index (χ2n) is 8.51.